The maximum absolute atomic E-state index is 12.1. The maximum Gasteiger partial charge on any atom is 0.260 e. The number of benzene rings is 1. The van der Waals surface area contributed by atoms with Gasteiger partial charge in [-0.2, -0.15) is 9.40 Å². The fraction of sp³-hybridized carbons (Fsp3) is 0.182. The third-order valence-corrected chi connectivity index (χ3v) is 5.02. The van der Waals surface area contributed by atoms with Crippen LogP contribution in [0.15, 0.2) is 46.0 Å². The first-order valence-electron chi connectivity index (χ1n) is 5.21. The van der Waals surface area contributed by atoms with Gasteiger partial charge in [0.25, 0.3) is 10.0 Å². The molecule has 2 rings (SSSR count). The molecule has 1 heterocycles. The van der Waals surface area contributed by atoms with E-state index in [2.05, 4.69) is 26.1 Å². The van der Waals surface area contributed by atoms with E-state index in [0.29, 0.717) is 6.54 Å². The number of hydrogen-bond acceptors (Lipinski definition) is 3. The summed E-state index contributed by atoms with van der Waals surface area (Å²) in [6.07, 6.45) is 1.42. The van der Waals surface area contributed by atoms with Crippen molar-refractivity contribution in [3.63, 3.8) is 0 Å². The molecule has 0 unspecified atom stereocenters. The first-order valence-corrected chi connectivity index (χ1v) is 7.44. The quantitative estimate of drug-likeness (QED) is 0.932. The minimum atomic E-state index is -3.52. The lowest BCUT2D eigenvalue weighted by molar-refractivity contribution is 0.463. The van der Waals surface area contributed by atoms with E-state index in [1.807, 2.05) is 24.3 Å². The zero-order chi connectivity index (χ0) is 13.2. The summed E-state index contributed by atoms with van der Waals surface area (Å²) >= 11 is 3.40. The van der Waals surface area contributed by atoms with E-state index in [1.54, 1.807) is 0 Å². The molecular formula is C11H12BrN3O2S. The van der Waals surface area contributed by atoms with Gasteiger partial charge in [-0.3, -0.25) is 5.10 Å². The van der Waals surface area contributed by atoms with Crippen LogP contribution in [0.4, 0.5) is 0 Å². The summed E-state index contributed by atoms with van der Waals surface area (Å²) < 4.78 is 26.5. The van der Waals surface area contributed by atoms with E-state index in [4.69, 9.17) is 0 Å². The lowest BCUT2D eigenvalue weighted by atomic mass is 10.2. The Hall–Kier alpha value is -1.18. The molecule has 0 radical (unpaired) electrons. The minimum absolute atomic E-state index is 0.0945. The second kappa shape index (κ2) is 5.21. The summed E-state index contributed by atoms with van der Waals surface area (Å²) in [5.41, 5.74) is 0.906. The van der Waals surface area contributed by atoms with Crippen LogP contribution < -0.4 is 0 Å². The van der Waals surface area contributed by atoms with Crippen molar-refractivity contribution in [2.75, 3.05) is 7.05 Å². The van der Waals surface area contributed by atoms with Crippen molar-refractivity contribution in [3.05, 3.63) is 46.6 Å². The first kappa shape index (κ1) is 13.3. The van der Waals surface area contributed by atoms with Crippen LogP contribution >= 0.6 is 15.9 Å². The molecule has 0 saturated heterocycles. The van der Waals surface area contributed by atoms with Gasteiger partial charge < -0.3 is 0 Å². The predicted molar refractivity (Wildman–Crippen MR) is 71.4 cm³/mol. The highest BCUT2D eigenvalue weighted by Gasteiger charge is 2.22. The highest BCUT2D eigenvalue weighted by atomic mass is 79.9. The van der Waals surface area contributed by atoms with Crippen LogP contribution in [0.25, 0.3) is 0 Å². The van der Waals surface area contributed by atoms with Gasteiger partial charge in [0.2, 0.25) is 0 Å². The van der Waals surface area contributed by atoms with Gasteiger partial charge in [0.1, 0.15) is 0 Å². The molecule has 0 amide bonds. The van der Waals surface area contributed by atoms with Crippen molar-refractivity contribution < 1.29 is 8.42 Å². The lowest BCUT2D eigenvalue weighted by Gasteiger charge is -2.16. The van der Waals surface area contributed by atoms with Crippen LogP contribution in [-0.4, -0.2) is 30.0 Å². The summed E-state index contributed by atoms with van der Waals surface area (Å²) in [5.74, 6) is 0. The fourth-order valence-electron chi connectivity index (χ4n) is 1.51. The van der Waals surface area contributed by atoms with Crippen LogP contribution in [0.5, 0.6) is 0 Å². The Bertz CT molecular complexity index is 625. The van der Waals surface area contributed by atoms with Gasteiger partial charge in [0.05, 0.1) is 6.20 Å². The summed E-state index contributed by atoms with van der Waals surface area (Å²) in [6, 6.07) is 8.95. The van der Waals surface area contributed by atoms with E-state index in [9.17, 15) is 8.42 Å². The molecule has 0 atom stereocenters. The molecule has 0 aliphatic rings. The maximum atomic E-state index is 12.1. The Morgan fingerprint density at radius 2 is 2.06 bits per heavy atom. The van der Waals surface area contributed by atoms with Crippen molar-refractivity contribution in [2.24, 2.45) is 0 Å². The van der Waals surface area contributed by atoms with E-state index < -0.39 is 10.0 Å². The van der Waals surface area contributed by atoms with Crippen LogP contribution in [-0.2, 0) is 16.6 Å². The molecule has 0 fully saturated rings. The molecule has 96 valence electrons. The van der Waals surface area contributed by atoms with Gasteiger partial charge in [0.15, 0.2) is 5.03 Å². The molecule has 1 aromatic heterocycles. The monoisotopic (exact) mass is 329 g/mol. The first-order chi connectivity index (χ1) is 8.51. The zero-order valence-electron chi connectivity index (χ0n) is 9.67. The zero-order valence-corrected chi connectivity index (χ0v) is 12.1. The van der Waals surface area contributed by atoms with Crippen molar-refractivity contribution in [1.82, 2.24) is 14.5 Å². The van der Waals surface area contributed by atoms with Gasteiger partial charge >= 0.3 is 0 Å². The number of sulfonamides is 1. The number of hydrogen-bond donors (Lipinski definition) is 1. The molecule has 0 bridgehead atoms. The molecular weight excluding hydrogens is 318 g/mol. The van der Waals surface area contributed by atoms with Gasteiger partial charge in [-0.1, -0.05) is 34.1 Å². The average molecular weight is 330 g/mol. The van der Waals surface area contributed by atoms with Gasteiger partial charge in [-0.25, -0.2) is 8.42 Å². The average Bonchev–Trinajstić information content (AvgIpc) is 2.86. The molecule has 5 nitrogen and oxygen atoms in total. The Morgan fingerprint density at radius 1 is 1.33 bits per heavy atom. The second-order valence-corrected chi connectivity index (χ2v) is 6.64. The van der Waals surface area contributed by atoms with Gasteiger partial charge in [-0.05, 0) is 17.7 Å². The number of H-pyrrole nitrogens is 1. The van der Waals surface area contributed by atoms with Crippen molar-refractivity contribution in [2.45, 2.75) is 11.6 Å². The number of nitrogens with zero attached hydrogens (tertiary/aromatic N) is 2. The summed E-state index contributed by atoms with van der Waals surface area (Å²) in [7, 11) is -1.98. The molecule has 1 N–H and O–H groups in total. The SMILES string of the molecule is CN(Cc1ccccc1Br)S(=O)(=O)c1ccn[nH]1. The molecule has 7 heteroatoms. The molecule has 1 aromatic carbocycles. The number of halogens is 1. The van der Waals surface area contributed by atoms with Crippen LogP contribution in [0.3, 0.4) is 0 Å². The van der Waals surface area contributed by atoms with Crippen molar-refractivity contribution in [1.29, 1.82) is 0 Å². The Labute approximate surface area is 114 Å². The number of nitrogens with one attached hydrogen (secondary N) is 1. The molecule has 0 spiro atoms. The van der Waals surface area contributed by atoms with Crippen molar-refractivity contribution in [3.8, 4) is 0 Å². The van der Waals surface area contributed by atoms with E-state index in [-0.39, 0.29) is 5.03 Å². The highest BCUT2D eigenvalue weighted by Crippen LogP contribution is 2.20. The largest absolute Gasteiger partial charge is 0.266 e. The normalized spacial score (nSPS) is 11.9. The summed E-state index contributed by atoms with van der Waals surface area (Å²) in [6.45, 7) is 0.294. The Kier molecular flexibility index (Phi) is 3.84. The molecule has 2 aromatic rings. The van der Waals surface area contributed by atoms with Crippen LogP contribution in [0, 0.1) is 0 Å². The highest BCUT2D eigenvalue weighted by molar-refractivity contribution is 9.10. The number of aromatic amines is 1. The third kappa shape index (κ3) is 2.63. The smallest absolute Gasteiger partial charge is 0.260 e. The van der Waals surface area contributed by atoms with Gasteiger partial charge in [0, 0.05) is 18.1 Å². The Balaban J connectivity index is 2.24. The third-order valence-electron chi connectivity index (χ3n) is 2.51. The summed E-state index contributed by atoms with van der Waals surface area (Å²) in [4.78, 5) is 0. The Morgan fingerprint density at radius 3 is 2.67 bits per heavy atom. The predicted octanol–water partition coefficient (Wildman–Crippen LogP) is 1.99. The second-order valence-electron chi connectivity index (χ2n) is 3.77. The van der Waals surface area contributed by atoms with Crippen molar-refractivity contribution >= 4 is 26.0 Å². The molecule has 18 heavy (non-hydrogen) atoms. The topological polar surface area (TPSA) is 66.1 Å². The number of rotatable bonds is 4. The molecule has 0 aliphatic heterocycles. The van der Waals surface area contributed by atoms with E-state index >= 15 is 0 Å². The van der Waals surface area contributed by atoms with E-state index in [1.165, 1.54) is 23.6 Å². The van der Waals surface area contributed by atoms with Crippen LogP contribution in [0.2, 0.25) is 0 Å². The minimum Gasteiger partial charge on any atom is -0.266 e. The van der Waals surface area contributed by atoms with Crippen LogP contribution in [0.1, 0.15) is 5.56 Å². The molecule has 0 aliphatic carbocycles. The fourth-order valence-corrected chi connectivity index (χ4v) is 2.96. The standard InChI is InChI=1S/C11H12BrN3O2S/c1-15(8-9-4-2-3-5-10(9)12)18(16,17)11-6-7-13-14-11/h2-7H,8H2,1H3,(H,13,14). The molecule has 0 saturated carbocycles. The summed E-state index contributed by atoms with van der Waals surface area (Å²) in [5, 5.41) is 6.22. The van der Waals surface area contributed by atoms with E-state index in [0.717, 1.165) is 10.0 Å². The lowest BCUT2D eigenvalue weighted by Crippen LogP contribution is -2.27. The number of aromatic nitrogens is 2. The van der Waals surface area contributed by atoms with Gasteiger partial charge in [-0.15, -0.1) is 0 Å².